The minimum atomic E-state index is -1.33. The molecule has 0 heterocycles. The molecular weight excluding hydrogens is 180 g/mol. The molecule has 1 saturated carbocycles. The second-order valence-electron chi connectivity index (χ2n) is 4.37. The van der Waals surface area contributed by atoms with Gasteiger partial charge in [-0.25, -0.2) is 0 Å². The zero-order valence-electron chi connectivity index (χ0n) is 9.14. The summed E-state index contributed by atoms with van der Waals surface area (Å²) in [6, 6.07) is 1.23. The highest BCUT2D eigenvalue weighted by molar-refractivity contribution is 6.71. The predicted molar refractivity (Wildman–Crippen MR) is 57.5 cm³/mol. The molecule has 13 heavy (non-hydrogen) atoms. The van der Waals surface area contributed by atoms with E-state index in [4.69, 9.17) is 9.16 Å². The number of ether oxygens (including phenoxy) is 1. The zero-order chi connectivity index (χ0) is 9.73. The molecule has 1 aliphatic rings. The average Bonchev–Trinajstić information content (AvgIpc) is 2.81. The molecule has 0 unspecified atom stereocenters. The van der Waals surface area contributed by atoms with E-state index in [0.717, 1.165) is 13.2 Å². The highest BCUT2D eigenvalue weighted by Gasteiger charge is 2.24. The van der Waals surface area contributed by atoms with Gasteiger partial charge < -0.3 is 9.16 Å². The summed E-state index contributed by atoms with van der Waals surface area (Å²) in [6.07, 6.45) is 4.35. The topological polar surface area (TPSA) is 18.5 Å². The van der Waals surface area contributed by atoms with E-state index in [9.17, 15) is 0 Å². The summed E-state index contributed by atoms with van der Waals surface area (Å²) in [7, 11) is -1.33. The summed E-state index contributed by atoms with van der Waals surface area (Å²) in [5.41, 5.74) is 0. The van der Waals surface area contributed by atoms with Crippen molar-refractivity contribution in [3.8, 4) is 0 Å². The molecule has 0 aromatic carbocycles. The molecule has 78 valence electrons. The lowest BCUT2D eigenvalue weighted by Crippen LogP contribution is -2.30. The van der Waals surface area contributed by atoms with Crippen LogP contribution in [-0.2, 0) is 9.16 Å². The minimum Gasteiger partial charge on any atom is -0.418 e. The van der Waals surface area contributed by atoms with Crippen LogP contribution in [0.2, 0.25) is 19.1 Å². The van der Waals surface area contributed by atoms with Crippen molar-refractivity contribution in [3.05, 3.63) is 0 Å². The van der Waals surface area contributed by atoms with Gasteiger partial charge in [0, 0.05) is 13.2 Å². The summed E-state index contributed by atoms with van der Waals surface area (Å²) < 4.78 is 11.3. The normalized spacial score (nSPS) is 17.8. The van der Waals surface area contributed by atoms with Crippen molar-refractivity contribution in [2.45, 2.75) is 51.4 Å². The van der Waals surface area contributed by atoms with Crippen LogP contribution in [0.4, 0.5) is 0 Å². The molecule has 0 saturated heterocycles. The minimum absolute atomic E-state index is 0.608. The van der Waals surface area contributed by atoms with E-state index >= 15 is 0 Å². The van der Waals surface area contributed by atoms with E-state index in [-0.39, 0.29) is 0 Å². The molecule has 2 nitrogen and oxygen atoms in total. The number of hydrogen-bond acceptors (Lipinski definition) is 2. The van der Waals surface area contributed by atoms with Gasteiger partial charge in [0.05, 0.1) is 6.10 Å². The second kappa shape index (κ2) is 5.13. The van der Waals surface area contributed by atoms with E-state index in [0.29, 0.717) is 6.10 Å². The lowest BCUT2D eigenvalue weighted by Gasteiger charge is -2.21. The molecule has 0 aromatic heterocycles. The summed E-state index contributed by atoms with van der Waals surface area (Å²) >= 11 is 0. The van der Waals surface area contributed by atoms with E-state index in [1.807, 2.05) is 0 Å². The predicted octanol–water partition coefficient (Wildman–Crippen LogP) is 2.80. The van der Waals surface area contributed by atoms with Crippen LogP contribution >= 0.6 is 0 Å². The maximum Gasteiger partial charge on any atom is 0.186 e. The Balaban J connectivity index is 1.95. The van der Waals surface area contributed by atoms with Gasteiger partial charge in [-0.05, 0) is 45.3 Å². The molecule has 0 amide bonds. The van der Waals surface area contributed by atoms with Crippen molar-refractivity contribution in [1.29, 1.82) is 0 Å². The van der Waals surface area contributed by atoms with Crippen LogP contribution in [0.5, 0.6) is 0 Å². The third kappa shape index (κ3) is 5.44. The van der Waals surface area contributed by atoms with Crippen LogP contribution in [0.15, 0.2) is 0 Å². The molecule has 0 spiro atoms. The molecule has 0 radical (unpaired) electrons. The Bertz CT molecular complexity index is 144. The molecule has 0 atom stereocenters. The van der Waals surface area contributed by atoms with E-state index in [1.165, 1.54) is 25.3 Å². The van der Waals surface area contributed by atoms with Gasteiger partial charge >= 0.3 is 0 Å². The maximum atomic E-state index is 5.74. The van der Waals surface area contributed by atoms with Crippen molar-refractivity contribution < 1.29 is 9.16 Å². The van der Waals surface area contributed by atoms with Gasteiger partial charge in [0.1, 0.15) is 0 Å². The van der Waals surface area contributed by atoms with Gasteiger partial charge in [0.25, 0.3) is 0 Å². The Hall–Kier alpha value is 0.137. The first-order chi connectivity index (χ1) is 6.14. The van der Waals surface area contributed by atoms with Gasteiger partial charge in [-0.15, -0.1) is 0 Å². The largest absolute Gasteiger partial charge is 0.418 e. The molecular formula is C10H22O2Si. The van der Waals surface area contributed by atoms with Gasteiger partial charge in [0.15, 0.2) is 8.32 Å². The molecule has 0 aromatic rings. The van der Waals surface area contributed by atoms with Crippen LogP contribution in [0, 0.1) is 0 Å². The third-order valence-electron chi connectivity index (χ3n) is 2.34. The van der Waals surface area contributed by atoms with Gasteiger partial charge in [-0.3, -0.25) is 0 Å². The third-order valence-corrected chi connectivity index (χ3v) is 4.96. The lowest BCUT2D eigenvalue weighted by atomic mass is 10.5. The summed E-state index contributed by atoms with van der Waals surface area (Å²) in [5, 5.41) is 0. The van der Waals surface area contributed by atoms with Crippen molar-refractivity contribution in [2.75, 3.05) is 13.2 Å². The quantitative estimate of drug-likeness (QED) is 0.467. The fourth-order valence-corrected chi connectivity index (χ4v) is 3.37. The molecule has 1 aliphatic carbocycles. The van der Waals surface area contributed by atoms with Gasteiger partial charge in [0.2, 0.25) is 0 Å². The maximum absolute atomic E-state index is 5.74. The zero-order valence-corrected chi connectivity index (χ0v) is 10.1. The smallest absolute Gasteiger partial charge is 0.186 e. The van der Waals surface area contributed by atoms with E-state index in [1.54, 1.807) is 0 Å². The van der Waals surface area contributed by atoms with E-state index < -0.39 is 8.32 Å². The van der Waals surface area contributed by atoms with Crippen LogP contribution in [0.3, 0.4) is 0 Å². The highest BCUT2D eigenvalue weighted by atomic mass is 28.4. The summed E-state index contributed by atoms with van der Waals surface area (Å²) in [6.45, 7) is 8.45. The number of hydrogen-bond donors (Lipinski definition) is 0. The monoisotopic (exact) mass is 202 g/mol. The first-order valence-corrected chi connectivity index (χ1v) is 8.51. The standard InChI is InChI=1S/C10H22O2Si/c1-4-12-13(2,3)9-5-8-11-10-6-7-10/h10H,4-9H2,1-3H3. The first kappa shape index (κ1) is 11.2. The molecule has 1 fully saturated rings. The lowest BCUT2D eigenvalue weighted by molar-refractivity contribution is 0.119. The summed E-state index contributed by atoms with van der Waals surface area (Å²) in [5.74, 6) is 0. The van der Waals surface area contributed by atoms with Crippen molar-refractivity contribution in [3.63, 3.8) is 0 Å². The van der Waals surface area contributed by atoms with Crippen molar-refractivity contribution in [2.24, 2.45) is 0 Å². The Morgan fingerprint density at radius 1 is 1.31 bits per heavy atom. The molecule has 0 bridgehead atoms. The Kier molecular flexibility index (Phi) is 4.42. The molecule has 3 heteroatoms. The Morgan fingerprint density at radius 3 is 2.54 bits per heavy atom. The molecule has 0 N–H and O–H groups in total. The van der Waals surface area contributed by atoms with Crippen molar-refractivity contribution >= 4 is 8.32 Å². The molecule has 1 rings (SSSR count). The van der Waals surface area contributed by atoms with Gasteiger partial charge in [-0.2, -0.15) is 0 Å². The Morgan fingerprint density at radius 2 is 2.00 bits per heavy atom. The SMILES string of the molecule is CCO[Si](C)(C)CCCOC1CC1. The van der Waals surface area contributed by atoms with Crippen LogP contribution < -0.4 is 0 Å². The Labute approximate surface area is 82.7 Å². The van der Waals surface area contributed by atoms with Gasteiger partial charge in [-0.1, -0.05) is 0 Å². The number of rotatable bonds is 7. The highest BCUT2D eigenvalue weighted by Crippen LogP contribution is 2.24. The first-order valence-electron chi connectivity index (χ1n) is 5.39. The average molecular weight is 202 g/mol. The summed E-state index contributed by atoms with van der Waals surface area (Å²) in [4.78, 5) is 0. The molecule has 0 aliphatic heterocycles. The van der Waals surface area contributed by atoms with Crippen molar-refractivity contribution in [1.82, 2.24) is 0 Å². The van der Waals surface area contributed by atoms with Crippen LogP contribution in [0.25, 0.3) is 0 Å². The fraction of sp³-hybridized carbons (Fsp3) is 1.00. The second-order valence-corrected chi connectivity index (χ2v) is 8.67. The van der Waals surface area contributed by atoms with Crippen LogP contribution in [-0.4, -0.2) is 27.6 Å². The van der Waals surface area contributed by atoms with Crippen LogP contribution in [0.1, 0.15) is 26.2 Å². The van der Waals surface area contributed by atoms with E-state index in [2.05, 4.69) is 20.0 Å². The fourth-order valence-electron chi connectivity index (χ4n) is 1.45.